The lowest BCUT2D eigenvalue weighted by atomic mass is 10.2. The van der Waals surface area contributed by atoms with Crippen molar-refractivity contribution in [2.45, 2.75) is 23.7 Å². The summed E-state index contributed by atoms with van der Waals surface area (Å²) in [6.07, 6.45) is 3.94. The van der Waals surface area contributed by atoms with Gasteiger partial charge in [0.15, 0.2) is 23.1 Å². The second-order valence-corrected chi connectivity index (χ2v) is 9.16. The van der Waals surface area contributed by atoms with Crippen molar-refractivity contribution in [3.63, 3.8) is 0 Å². The summed E-state index contributed by atoms with van der Waals surface area (Å²) in [4.78, 5) is 4.36. The molecule has 152 valence electrons. The lowest BCUT2D eigenvalue weighted by Crippen LogP contribution is -2.14. The minimum Gasteiger partial charge on any atom is -0.493 e. The fourth-order valence-corrected chi connectivity index (χ4v) is 4.99. The van der Waals surface area contributed by atoms with Crippen LogP contribution in [0.25, 0.3) is 11.3 Å². The highest BCUT2D eigenvalue weighted by molar-refractivity contribution is 9.10. The summed E-state index contributed by atoms with van der Waals surface area (Å²) in [6.45, 7) is 0. The maximum absolute atomic E-state index is 12.9. The van der Waals surface area contributed by atoms with Gasteiger partial charge in [-0.1, -0.05) is 0 Å². The lowest BCUT2D eigenvalue weighted by molar-refractivity contribution is 0.353. The number of halogens is 1. The summed E-state index contributed by atoms with van der Waals surface area (Å²) >= 11 is 3.29. The third-order valence-corrected chi connectivity index (χ3v) is 6.94. The Hall–Kier alpha value is -2.52. The van der Waals surface area contributed by atoms with Gasteiger partial charge in [0.05, 0.1) is 20.4 Å². The molecule has 1 aliphatic carbocycles. The molecule has 0 bridgehead atoms. The molecule has 0 radical (unpaired) electrons. The first-order valence-electron chi connectivity index (χ1n) is 8.92. The quantitative estimate of drug-likeness (QED) is 0.524. The summed E-state index contributed by atoms with van der Waals surface area (Å²) in [5.74, 6) is 2.63. The number of oxazole rings is 1. The summed E-state index contributed by atoms with van der Waals surface area (Å²) in [5.41, 5.74) is 1.26. The van der Waals surface area contributed by atoms with Gasteiger partial charge in [-0.15, -0.1) is 0 Å². The van der Waals surface area contributed by atoms with Crippen molar-refractivity contribution in [1.82, 2.24) is 4.98 Å². The van der Waals surface area contributed by atoms with Crippen LogP contribution < -0.4 is 14.2 Å². The van der Waals surface area contributed by atoms with Gasteiger partial charge in [0.25, 0.3) is 10.0 Å². The Morgan fingerprint density at radius 2 is 1.76 bits per heavy atom. The molecule has 1 heterocycles. The number of aromatic nitrogens is 1. The number of ether oxygens (including phenoxy) is 2. The van der Waals surface area contributed by atoms with E-state index in [0.717, 1.165) is 24.3 Å². The van der Waals surface area contributed by atoms with Gasteiger partial charge in [0.2, 0.25) is 0 Å². The molecule has 0 amide bonds. The third-order valence-electron chi connectivity index (χ3n) is 4.60. The van der Waals surface area contributed by atoms with Crippen molar-refractivity contribution in [1.29, 1.82) is 0 Å². The van der Waals surface area contributed by atoms with Crippen molar-refractivity contribution in [2.75, 3.05) is 18.9 Å². The molecule has 0 saturated heterocycles. The van der Waals surface area contributed by atoms with Crippen molar-refractivity contribution in [3.05, 3.63) is 53.0 Å². The molecular formula is C20H19BrN2O5S. The molecule has 7 nitrogen and oxygen atoms in total. The van der Waals surface area contributed by atoms with Crippen LogP contribution in [0.15, 0.2) is 56.4 Å². The predicted molar refractivity (Wildman–Crippen MR) is 112 cm³/mol. The maximum Gasteiger partial charge on any atom is 0.263 e. The average molecular weight is 479 g/mol. The van der Waals surface area contributed by atoms with E-state index in [0.29, 0.717) is 33.3 Å². The largest absolute Gasteiger partial charge is 0.493 e. The van der Waals surface area contributed by atoms with Gasteiger partial charge in [-0.25, -0.2) is 13.4 Å². The molecule has 29 heavy (non-hydrogen) atoms. The first kappa shape index (κ1) is 19.8. The number of methoxy groups -OCH3 is 2. The smallest absolute Gasteiger partial charge is 0.263 e. The number of benzene rings is 2. The number of nitrogens with one attached hydrogen (secondary N) is 1. The zero-order chi connectivity index (χ0) is 20.6. The highest BCUT2D eigenvalue weighted by Gasteiger charge is 2.28. The van der Waals surface area contributed by atoms with Gasteiger partial charge in [-0.2, -0.15) is 0 Å². The Morgan fingerprint density at radius 1 is 1.10 bits per heavy atom. The number of nitrogens with zero attached hydrogens (tertiary/aromatic N) is 1. The van der Waals surface area contributed by atoms with Crippen LogP contribution in [0.3, 0.4) is 0 Å². The molecule has 1 fully saturated rings. The Balaban J connectivity index is 1.56. The summed E-state index contributed by atoms with van der Waals surface area (Å²) in [6, 6.07) is 9.91. The van der Waals surface area contributed by atoms with Gasteiger partial charge in [-0.3, -0.25) is 4.72 Å². The second kappa shape index (κ2) is 7.72. The van der Waals surface area contributed by atoms with Gasteiger partial charge in [0.1, 0.15) is 4.90 Å². The third kappa shape index (κ3) is 4.11. The van der Waals surface area contributed by atoms with E-state index in [4.69, 9.17) is 13.9 Å². The normalized spacial score (nSPS) is 13.9. The van der Waals surface area contributed by atoms with E-state index in [1.54, 1.807) is 36.5 Å². The average Bonchev–Trinajstić information content (AvgIpc) is 3.44. The molecule has 0 unspecified atom stereocenters. The molecular weight excluding hydrogens is 460 g/mol. The van der Waals surface area contributed by atoms with Crippen LogP contribution in [0.4, 0.5) is 5.69 Å². The SMILES string of the molecule is COc1cc(Br)c(S(=O)(=O)Nc2ccc(-c3cnc(C4CC4)o3)cc2)cc1OC. The fraction of sp³-hybridized carbons (Fsp3) is 0.250. The first-order chi connectivity index (χ1) is 13.9. The molecule has 0 atom stereocenters. The predicted octanol–water partition coefficient (Wildman–Crippen LogP) is 4.80. The van der Waals surface area contributed by atoms with Crippen molar-refractivity contribution in [2.24, 2.45) is 0 Å². The van der Waals surface area contributed by atoms with E-state index in [-0.39, 0.29) is 4.90 Å². The Bertz CT molecular complexity index is 1140. The van der Waals surface area contributed by atoms with Gasteiger partial charge >= 0.3 is 0 Å². The summed E-state index contributed by atoms with van der Waals surface area (Å²) < 4.78 is 44.9. The van der Waals surface area contributed by atoms with E-state index >= 15 is 0 Å². The molecule has 9 heteroatoms. The standard InChI is InChI=1S/C20H19BrN2O5S/c1-26-16-9-15(21)19(10-17(16)27-2)29(24,25)23-14-7-5-12(6-8-14)18-11-22-20(28-18)13-3-4-13/h5-11,13,23H,3-4H2,1-2H3. The van der Waals surface area contributed by atoms with Crippen LogP contribution in [-0.4, -0.2) is 27.6 Å². The van der Waals surface area contributed by atoms with Crippen LogP contribution in [-0.2, 0) is 10.0 Å². The Labute approximate surface area is 177 Å². The van der Waals surface area contributed by atoms with E-state index in [9.17, 15) is 8.42 Å². The van der Waals surface area contributed by atoms with Gasteiger partial charge in [0, 0.05) is 27.7 Å². The molecule has 0 spiro atoms. The summed E-state index contributed by atoms with van der Waals surface area (Å²) in [5, 5.41) is 0. The zero-order valence-electron chi connectivity index (χ0n) is 15.8. The van der Waals surface area contributed by atoms with E-state index in [1.807, 2.05) is 0 Å². The molecule has 2 aromatic carbocycles. The molecule has 3 aromatic rings. The topological polar surface area (TPSA) is 90.7 Å². The summed E-state index contributed by atoms with van der Waals surface area (Å²) in [7, 11) is -0.909. The van der Waals surface area contributed by atoms with Crippen LogP contribution in [0.1, 0.15) is 24.7 Å². The van der Waals surface area contributed by atoms with Crippen molar-refractivity contribution >= 4 is 31.6 Å². The van der Waals surface area contributed by atoms with E-state index < -0.39 is 10.0 Å². The second-order valence-electron chi connectivity index (χ2n) is 6.66. The fourth-order valence-electron chi connectivity index (χ4n) is 2.89. The molecule has 1 aliphatic rings. The maximum atomic E-state index is 12.9. The van der Waals surface area contributed by atoms with Crippen molar-refractivity contribution < 1.29 is 22.3 Å². The minimum atomic E-state index is -3.85. The monoisotopic (exact) mass is 478 g/mol. The number of rotatable bonds is 7. The highest BCUT2D eigenvalue weighted by Crippen LogP contribution is 2.40. The first-order valence-corrected chi connectivity index (χ1v) is 11.2. The number of hydrogen-bond acceptors (Lipinski definition) is 6. The lowest BCUT2D eigenvalue weighted by Gasteiger charge is -2.13. The molecule has 4 rings (SSSR count). The molecule has 1 N–H and O–H groups in total. The zero-order valence-corrected chi connectivity index (χ0v) is 18.2. The molecule has 1 aromatic heterocycles. The number of sulfonamides is 1. The Kier molecular flexibility index (Phi) is 5.26. The number of hydrogen-bond donors (Lipinski definition) is 1. The highest BCUT2D eigenvalue weighted by atomic mass is 79.9. The van der Waals surface area contributed by atoms with E-state index in [2.05, 4.69) is 25.6 Å². The van der Waals surface area contributed by atoms with Crippen LogP contribution in [0, 0.1) is 0 Å². The molecule has 0 aliphatic heterocycles. The van der Waals surface area contributed by atoms with Crippen LogP contribution >= 0.6 is 15.9 Å². The minimum absolute atomic E-state index is 0.0449. The molecule has 1 saturated carbocycles. The van der Waals surface area contributed by atoms with Crippen LogP contribution in [0.5, 0.6) is 11.5 Å². The van der Waals surface area contributed by atoms with Gasteiger partial charge in [-0.05, 0) is 59.1 Å². The number of anilines is 1. The Morgan fingerprint density at radius 3 is 2.38 bits per heavy atom. The van der Waals surface area contributed by atoms with Crippen molar-refractivity contribution in [3.8, 4) is 22.8 Å². The van der Waals surface area contributed by atoms with Gasteiger partial charge < -0.3 is 13.9 Å². The van der Waals surface area contributed by atoms with Crippen LogP contribution in [0.2, 0.25) is 0 Å². The van der Waals surface area contributed by atoms with E-state index in [1.165, 1.54) is 20.3 Å².